The fourth-order valence-corrected chi connectivity index (χ4v) is 2.24. The van der Waals surface area contributed by atoms with E-state index in [4.69, 9.17) is 23.2 Å². The van der Waals surface area contributed by atoms with Gasteiger partial charge in [-0.15, -0.1) is 0 Å². The lowest BCUT2D eigenvalue weighted by Gasteiger charge is -2.18. The summed E-state index contributed by atoms with van der Waals surface area (Å²) in [6, 6.07) is 9.65. The fraction of sp³-hybridized carbons (Fsp3) is 0.154. The number of nitrogens with zero attached hydrogens (tertiary/aromatic N) is 1. The van der Waals surface area contributed by atoms with Crippen LogP contribution in [0.5, 0.6) is 0 Å². The first kappa shape index (κ1) is 12.4. The third-order valence-electron chi connectivity index (χ3n) is 2.59. The summed E-state index contributed by atoms with van der Waals surface area (Å²) in [5.74, 6) is 0. The molecule has 1 unspecified atom stereocenters. The van der Waals surface area contributed by atoms with Crippen molar-refractivity contribution < 1.29 is 0 Å². The Kier molecular flexibility index (Phi) is 4.00. The van der Waals surface area contributed by atoms with Gasteiger partial charge in [0.05, 0.1) is 11.1 Å². The SMILES string of the molecule is CNC(c1cccc(Cl)c1)c1ccncc1Cl. The molecule has 1 aromatic carbocycles. The zero-order valence-electron chi connectivity index (χ0n) is 9.32. The van der Waals surface area contributed by atoms with Gasteiger partial charge in [-0.1, -0.05) is 35.3 Å². The molecule has 0 aliphatic heterocycles. The molecule has 0 bridgehead atoms. The lowest BCUT2D eigenvalue weighted by Crippen LogP contribution is -2.18. The van der Waals surface area contributed by atoms with Crippen LogP contribution in [-0.2, 0) is 0 Å². The molecule has 1 aromatic heterocycles. The number of rotatable bonds is 3. The van der Waals surface area contributed by atoms with Crippen molar-refractivity contribution in [1.29, 1.82) is 0 Å². The van der Waals surface area contributed by atoms with E-state index in [0.717, 1.165) is 11.1 Å². The van der Waals surface area contributed by atoms with Crippen molar-refractivity contribution in [3.05, 3.63) is 63.9 Å². The highest BCUT2D eigenvalue weighted by atomic mass is 35.5. The molecule has 0 aliphatic rings. The van der Waals surface area contributed by atoms with Crippen molar-refractivity contribution in [1.82, 2.24) is 10.3 Å². The Labute approximate surface area is 111 Å². The zero-order chi connectivity index (χ0) is 12.3. The molecule has 1 N–H and O–H groups in total. The number of hydrogen-bond donors (Lipinski definition) is 1. The molecular weight excluding hydrogens is 255 g/mol. The normalized spacial score (nSPS) is 12.4. The van der Waals surface area contributed by atoms with Gasteiger partial charge in [-0.2, -0.15) is 0 Å². The molecule has 17 heavy (non-hydrogen) atoms. The Morgan fingerprint density at radius 3 is 2.71 bits per heavy atom. The van der Waals surface area contributed by atoms with Crippen LogP contribution in [0.3, 0.4) is 0 Å². The molecule has 0 amide bonds. The minimum absolute atomic E-state index is 0.0178. The van der Waals surface area contributed by atoms with Crippen LogP contribution in [-0.4, -0.2) is 12.0 Å². The quantitative estimate of drug-likeness (QED) is 0.917. The summed E-state index contributed by atoms with van der Waals surface area (Å²) in [6.07, 6.45) is 3.38. The number of benzene rings is 1. The molecule has 88 valence electrons. The van der Waals surface area contributed by atoms with Crippen LogP contribution in [0.2, 0.25) is 10.0 Å². The van der Waals surface area contributed by atoms with Gasteiger partial charge in [0.2, 0.25) is 0 Å². The van der Waals surface area contributed by atoms with Gasteiger partial charge in [0.25, 0.3) is 0 Å². The molecule has 2 rings (SSSR count). The van der Waals surface area contributed by atoms with E-state index in [2.05, 4.69) is 10.3 Å². The van der Waals surface area contributed by atoms with Crippen molar-refractivity contribution in [3.63, 3.8) is 0 Å². The number of hydrogen-bond acceptors (Lipinski definition) is 2. The molecule has 0 radical (unpaired) electrons. The van der Waals surface area contributed by atoms with Gasteiger partial charge in [0, 0.05) is 17.4 Å². The summed E-state index contributed by atoms with van der Waals surface area (Å²) in [7, 11) is 1.89. The fourth-order valence-electron chi connectivity index (χ4n) is 1.81. The van der Waals surface area contributed by atoms with Gasteiger partial charge in [0.15, 0.2) is 0 Å². The third kappa shape index (κ3) is 2.78. The Morgan fingerprint density at radius 1 is 1.24 bits per heavy atom. The molecular formula is C13H12Cl2N2. The van der Waals surface area contributed by atoms with E-state index >= 15 is 0 Å². The highest BCUT2D eigenvalue weighted by Gasteiger charge is 2.14. The number of halogens is 2. The Hall–Kier alpha value is -1.09. The van der Waals surface area contributed by atoms with Crippen molar-refractivity contribution in [2.75, 3.05) is 7.05 Å². The Bertz CT molecular complexity index is 514. The van der Waals surface area contributed by atoms with Crippen molar-refractivity contribution >= 4 is 23.2 Å². The van der Waals surface area contributed by atoms with Crippen molar-refractivity contribution in [3.8, 4) is 0 Å². The smallest absolute Gasteiger partial charge is 0.0640 e. The minimum Gasteiger partial charge on any atom is -0.309 e. The molecule has 0 saturated carbocycles. The van der Waals surface area contributed by atoms with Crippen LogP contribution >= 0.6 is 23.2 Å². The predicted molar refractivity (Wildman–Crippen MR) is 71.6 cm³/mol. The summed E-state index contributed by atoms with van der Waals surface area (Å²) >= 11 is 12.2. The first-order valence-electron chi connectivity index (χ1n) is 5.24. The maximum atomic E-state index is 6.15. The molecule has 2 nitrogen and oxygen atoms in total. The van der Waals surface area contributed by atoms with Crippen molar-refractivity contribution in [2.45, 2.75) is 6.04 Å². The van der Waals surface area contributed by atoms with Crippen LogP contribution in [0, 0.1) is 0 Å². The second-order valence-corrected chi connectivity index (χ2v) is 4.52. The second-order valence-electron chi connectivity index (χ2n) is 3.67. The lowest BCUT2D eigenvalue weighted by atomic mass is 10.00. The van der Waals surface area contributed by atoms with E-state index in [1.54, 1.807) is 12.4 Å². The molecule has 4 heteroatoms. The Morgan fingerprint density at radius 2 is 2.06 bits per heavy atom. The second kappa shape index (κ2) is 5.50. The van der Waals surface area contributed by atoms with Gasteiger partial charge in [0.1, 0.15) is 0 Å². The highest BCUT2D eigenvalue weighted by molar-refractivity contribution is 6.31. The average Bonchev–Trinajstić information content (AvgIpc) is 2.33. The zero-order valence-corrected chi connectivity index (χ0v) is 10.8. The third-order valence-corrected chi connectivity index (χ3v) is 3.14. The van der Waals surface area contributed by atoms with Gasteiger partial charge < -0.3 is 5.32 Å². The van der Waals surface area contributed by atoms with Crippen LogP contribution < -0.4 is 5.32 Å². The monoisotopic (exact) mass is 266 g/mol. The van der Waals surface area contributed by atoms with Crippen LogP contribution in [0.25, 0.3) is 0 Å². The van der Waals surface area contributed by atoms with E-state index in [-0.39, 0.29) is 6.04 Å². The summed E-state index contributed by atoms with van der Waals surface area (Å²) in [5, 5.41) is 4.59. The first-order chi connectivity index (χ1) is 8.22. The average molecular weight is 267 g/mol. The van der Waals surface area contributed by atoms with E-state index < -0.39 is 0 Å². The van der Waals surface area contributed by atoms with Crippen LogP contribution in [0.15, 0.2) is 42.7 Å². The summed E-state index contributed by atoms with van der Waals surface area (Å²) in [6.45, 7) is 0. The highest BCUT2D eigenvalue weighted by Crippen LogP contribution is 2.28. The largest absolute Gasteiger partial charge is 0.309 e. The van der Waals surface area contributed by atoms with Crippen LogP contribution in [0.4, 0.5) is 0 Å². The molecule has 1 atom stereocenters. The van der Waals surface area contributed by atoms with Gasteiger partial charge >= 0.3 is 0 Å². The van der Waals surface area contributed by atoms with E-state index in [1.807, 2.05) is 37.4 Å². The summed E-state index contributed by atoms with van der Waals surface area (Å²) in [5.41, 5.74) is 2.07. The van der Waals surface area contributed by atoms with Gasteiger partial charge in [-0.05, 0) is 36.4 Å². The number of pyridine rings is 1. The van der Waals surface area contributed by atoms with E-state index in [0.29, 0.717) is 10.0 Å². The molecule has 1 heterocycles. The maximum Gasteiger partial charge on any atom is 0.0640 e. The lowest BCUT2D eigenvalue weighted by molar-refractivity contribution is 0.691. The number of nitrogens with one attached hydrogen (secondary N) is 1. The molecule has 0 fully saturated rings. The van der Waals surface area contributed by atoms with Gasteiger partial charge in [-0.25, -0.2) is 0 Å². The van der Waals surface area contributed by atoms with Gasteiger partial charge in [-0.3, -0.25) is 4.98 Å². The van der Waals surface area contributed by atoms with Crippen molar-refractivity contribution in [2.24, 2.45) is 0 Å². The predicted octanol–water partition coefficient (Wildman–Crippen LogP) is 3.70. The van der Waals surface area contributed by atoms with E-state index in [1.165, 1.54) is 0 Å². The minimum atomic E-state index is 0.0178. The summed E-state index contributed by atoms with van der Waals surface area (Å²) < 4.78 is 0. The molecule has 2 aromatic rings. The molecule has 0 spiro atoms. The first-order valence-corrected chi connectivity index (χ1v) is 6.00. The van der Waals surface area contributed by atoms with E-state index in [9.17, 15) is 0 Å². The standard InChI is InChI=1S/C13H12Cl2N2/c1-16-13(9-3-2-4-10(14)7-9)11-5-6-17-8-12(11)15/h2-8,13,16H,1H3. The maximum absolute atomic E-state index is 6.15. The molecule has 0 saturated heterocycles. The van der Waals surface area contributed by atoms with Crippen LogP contribution in [0.1, 0.15) is 17.2 Å². The summed E-state index contributed by atoms with van der Waals surface area (Å²) in [4.78, 5) is 3.99. The topological polar surface area (TPSA) is 24.9 Å². The Balaban J connectivity index is 2.44. The molecule has 0 aliphatic carbocycles. The number of aromatic nitrogens is 1.